The number of benzene rings is 3. The monoisotopic (exact) mass is 386 g/mol. The van der Waals surface area contributed by atoms with Gasteiger partial charge in [0.25, 0.3) is 5.91 Å². The number of aromatic nitrogens is 3. The predicted octanol–water partition coefficient (Wildman–Crippen LogP) is 5.06. The molecule has 0 aliphatic carbocycles. The lowest BCUT2D eigenvalue weighted by molar-refractivity contribution is 0.102. The summed E-state index contributed by atoms with van der Waals surface area (Å²) in [5.74, 6) is 0.356. The van der Waals surface area contributed by atoms with Crippen molar-refractivity contribution < 1.29 is 9.21 Å². The van der Waals surface area contributed by atoms with Gasteiger partial charge in [-0.1, -0.05) is 18.2 Å². The summed E-state index contributed by atoms with van der Waals surface area (Å²) < 4.78 is 14.2. The highest BCUT2D eigenvalue weighted by atomic mass is 32.1. The van der Waals surface area contributed by atoms with Gasteiger partial charge in [0.15, 0.2) is 5.58 Å². The summed E-state index contributed by atoms with van der Waals surface area (Å²) in [4.78, 5) is 17.2. The van der Waals surface area contributed by atoms with Crippen LogP contribution in [0.15, 0.2) is 65.1 Å². The molecule has 0 unspecified atom stereocenters. The van der Waals surface area contributed by atoms with Gasteiger partial charge < -0.3 is 9.73 Å². The van der Waals surface area contributed by atoms with E-state index in [1.165, 1.54) is 0 Å². The highest BCUT2D eigenvalue weighted by Gasteiger charge is 2.13. The van der Waals surface area contributed by atoms with Crippen molar-refractivity contribution in [2.75, 3.05) is 5.32 Å². The quantitative estimate of drug-likeness (QED) is 0.469. The van der Waals surface area contributed by atoms with E-state index in [1.54, 1.807) is 30.3 Å². The predicted molar refractivity (Wildman–Crippen MR) is 110 cm³/mol. The molecule has 0 fully saturated rings. The first-order valence-electron chi connectivity index (χ1n) is 8.68. The molecule has 7 heteroatoms. The third-order valence-corrected chi connectivity index (χ3v) is 5.09. The van der Waals surface area contributed by atoms with Crippen LogP contribution in [-0.4, -0.2) is 19.6 Å². The van der Waals surface area contributed by atoms with Crippen molar-refractivity contribution in [1.29, 1.82) is 0 Å². The molecule has 6 nitrogen and oxygen atoms in total. The number of nitrogens with one attached hydrogen (secondary N) is 1. The molecular formula is C21H14N4O2S. The van der Waals surface area contributed by atoms with Crippen molar-refractivity contribution in [3.63, 3.8) is 0 Å². The van der Waals surface area contributed by atoms with E-state index in [0.717, 1.165) is 28.4 Å². The lowest BCUT2D eigenvalue weighted by atomic mass is 10.1. The van der Waals surface area contributed by atoms with E-state index < -0.39 is 0 Å². The molecule has 2 heterocycles. The first-order chi connectivity index (χ1) is 13.7. The number of fused-ring (bicyclic) bond motifs is 2. The molecule has 5 rings (SSSR count). The van der Waals surface area contributed by atoms with Gasteiger partial charge in [-0.2, -0.15) is 8.75 Å². The summed E-state index contributed by atoms with van der Waals surface area (Å²) in [6.07, 6.45) is 0. The number of carbonyl (C=O) groups excluding carboxylic acids is 1. The number of nitrogens with zero attached hydrogens (tertiary/aromatic N) is 3. The Kier molecular flexibility index (Phi) is 3.87. The minimum atomic E-state index is -0.211. The second kappa shape index (κ2) is 6.54. The fourth-order valence-electron chi connectivity index (χ4n) is 3.06. The third-order valence-electron chi connectivity index (χ3n) is 4.54. The number of aryl methyl sites for hydroxylation is 1. The van der Waals surface area contributed by atoms with Gasteiger partial charge in [0, 0.05) is 16.8 Å². The van der Waals surface area contributed by atoms with Gasteiger partial charge in [0.05, 0.1) is 11.7 Å². The molecule has 0 saturated heterocycles. The summed E-state index contributed by atoms with van der Waals surface area (Å²) in [5.41, 5.74) is 6.09. The zero-order chi connectivity index (χ0) is 19.1. The molecule has 0 radical (unpaired) electrons. The zero-order valence-corrected chi connectivity index (χ0v) is 15.7. The Morgan fingerprint density at radius 3 is 2.71 bits per heavy atom. The standard InChI is InChI=1S/C21H14N4O2S/c1-12-4-2-3-5-15(12)21-23-18-11-14(7-9-19(18)27-21)22-20(26)13-6-8-16-17(10-13)25-28-24-16/h2-11H,1H3,(H,22,26). The zero-order valence-electron chi connectivity index (χ0n) is 14.8. The fraction of sp³-hybridized carbons (Fsp3) is 0.0476. The molecule has 2 aromatic heterocycles. The van der Waals surface area contributed by atoms with Gasteiger partial charge in [-0.3, -0.25) is 4.79 Å². The Morgan fingerprint density at radius 2 is 1.82 bits per heavy atom. The van der Waals surface area contributed by atoms with E-state index in [4.69, 9.17) is 4.42 Å². The number of hydrogen-bond donors (Lipinski definition) is 1. The largest absolute Gasteiger partial charge is 0.436 e. The maximum absolute atomic E-state index is 12.6. The maximum Gasteiger partial charge on any atom is 0.255 e. The van der Waals surface area contributed by atoms with Crippen LogP contribution in [0, 0.1) is 6.92 Å². The second-order valence-corrected chi connectivity index (χ2v) is 6.97. The van der Waals surface area contributed by atoms with Crippen molar-refractivity contribution in [2.45, 2.75) is 6.92 Å². The van der Waals surface area contributed by atoms with Gasteiger partial charge in [-0.25, -0.2) is 4.98 Å². The van der Waals surface area contributed by atoms with Gasteiger partial charge in [0.2, 0.25) is 5.89 Å². The molecule has 1 N–H and O–H groups in total. The smallest absolute Gasteiger partial charge is 0.255 e. The van der Waals surface area contributed by atoms with Gasteiger partial charge in [-0.05, 0) is 55.0 Å². The summed E-state index contributed by atoms with van der Waals surface area (Å²) in [5, 5.41) is 2.90. The summed E-state index contributed by atoms with van der Waals surface area (Å²) in [7, 11) is 0. The summed E-state index contributed by atoms with van der Waals surface area (Å²) in [6.45, 7) is 2.02. The first kappa shape index (κ1) is 16.6. The van der Waals surface area contributed by atoms with Crippen LogP contribution in [0.4, 0.5) is 5.69 Å². The van der Waals surface area contributed by atoms with Crippen molar-refractivity contribution in [2.24, 2.45) is 0 Å². The van der Waals surface area contributed by atoms with Gasteiger partial charge in [-0.15, -0.1) is 0 Å². The summed E-state index contributed by atoms with van der Waals surface area (Å²) >= 11 is 1.13. The maximum atomic E-state index is 12.6. The Balaban J connectivity index is 1.44. The molecule has 0 atom stereocenters. The van der Waals surface area contributed by atoms with Crippen molar-refractivity contribution in [3.8, 4) is 11.5 Å². The number of anilines is 1. The fourth-order valence-corrected chi connectivity index (χ4v) is 3.58. The minimum Gasteiger partial charge on any atom is -0.436 e. The molecule has 5 aromatic rings. The van der Waals surface area contributed by atoms with Crippen molar-refractivity contribution in [1.82, 2.24) is 13.7 Å². The SMILES string of the molecule is Cc1ccccc1-c1nc2cc(NC(=O)c3ccc4nsnc4c3)ccc2o1. The number of amides is 1. The number of rotatable bonds is 3. The topological polar surface area (TPSA) is 80.9 Å². The summed E-state index contributed by atoms with van der Waals surface area (Å²) in [6, 6.07) is 18.6. The number of oxazole rings is 1. The van der Waals surface area contributed by atoms with Crippen LogP contribution in [-0.2, 0) is 0 Å². The molecule has 3 aromatic carbocycles. The molecule has 0 bridgehead atoms. The highest BCUT2D eigenvalue weighted by molar-refractivity contribution is 7.00. The van der Waals surface area contributed by atoms with Crippen molar-refractivity contribution >= 4 is 45.5 Å². The molecule has 0 aliphatic heterocycles. The van der Waals surface area contributed by atoms with E-state index in [1.807, 2.05) is 37.3 Å². The average molecular weight is 386 g/mol. The molecular weight excluding hydrogens is 372 g/mol. The molecule has 28 heavy (non-hydrogen) atoms. The Bertz CT molecular complexity index is 1340. The van der Waals surface area contributed by atoms with Gasteiger partial charge in [0.1, 0.15) is 16.6 Å². The van der Waals surface area contributed by atoms with Gasteiger partial charge >= 0.3 is 0 Å². The minimum absolute atomic E-state index is 0.211. The normalized spacial score (nSPS) is 11.2. The molecule has 0 aliphatic rings. The average Bonchev–Trinajstić information content (AvgIpc) is 3.34. The highest BCUT2D eigenvalue weighted by Crippen LogP contribution is 2.28. The van der Waals surface area contributed by atoms with Crippen LogP contribution in [0.3, 0.4) is 0 Å². The van der Waals surface area contributed by atoms with Crippen LogP contribution < -0.4 is 5.32 Å². The second-order valence-electron chi connectivity index (χ2n) is 6.44. The van der Waals surface area contributed by atoms with Crippen molar-refractivity contribution in [3.05, 3.63) is 71.8 Å². The lowest BCUT2D eigenvalue weighted by Crippen LogP contribution is -2.11. The Morgan fingerprint density at radius 1 is 0.964 bits per heavy atom. The van der Waals surface area contributed by atoms with E-state index in [2.05, 4.69) is 19.0 Å². The van der Waals surface area contributed by atoms with Crippen LogP contribution in [0.25, 0.3) is 33.6 Å². The van der Waals surface area contributed by atoms with E-state index in [9.17, 15) is 4.79 Å². The van der Waals surface area contributed by atoms with Crippen LogP contribution >= 0.6 is 11.7 Å². The van der Waals surface area contributed by atoms with E-state index in [0.29, 0.717) is 33.8 Å². The number of hydrogen-bond acceptors (Lipinski definition) is 6. The van der Waals surface area contributed by atoms with E-state index in [-0.39, 0.29) is 5.91 Å². The van der Waals surface area contributed by atoms with E-state index >= 15 is 0 Å². The van der Waals surface area contributed by atoms with Crippen LogP contribution in [0.5, 0.6) is 0 Å². The number of carbonyl (C=O) groups is 1. The Labute approximate surface area is 164 Å². The third kappa shape index (κ3) is 2.91. The lowest BCUT2D eigenvalue weighted by Gasteiger charge is -2.04. The first-order valence-corrected chi connectivity index (χ1v) is 9.41. The molecule has 0 spiro atoms. The Hall–Kier alpha value is -3.58. The molecule has 0 saturated carbocycles. The molecule has 136 valence electrons. The molecule has 1 amide bonds. The van der Waals surface area contributed by atoms with Crippen LogP contribution in [0.2, 0.25) is 0 Å². The van der Waals surface area contributed by atoms with Crippen LogP contribution in [0.1, 0.15) is 15.9 Å².